The molecule has 0 amide bonds. The van der Waals surface area contributed by atoms with Gasteiger partial charge in [-0.2, -0.15) is 13.2 Å². The normalized spacial score (nSPS) is 12.7. The molecule has 1 aromatic rings. The van der Waals surface area contributed by atoms with E-state index in [0.717, 1.165) is 9.91 Å². The maximum Gasteiger partial charge on any atom is 0.401 e. The molecule has 0 bridgehead atoms. The molecule has 0 aliphatic carbocycles. The maximum atomic E-state index is 12.3. The van der Waals surface area contributed by atoms with Crippen molar-refractivity contribution in [2.24, 2.45) is 0 Å². The Morgan fingerprint density at radius 1 is 1.44 bits per heavy atom. The van der Waals surface area contributed by atoms with Crippen molar-refractivity contribution in [1.29, 1.82) is 0 Å². The van der Waals surface area contributed by atoms with Crippen molar-refractivity contribution < 1.29 is 18.3 Å². The summed E-state index contributed by atoms with van der Waals surface area (Å²) < 4.78 is 37.0. The molecule has 1 heterocycles. The van der Waals surface area contributed by atoms with Crippen LogP contribution in [-0.2, 0) is 6.54 Å². The molecule has 0 aliphatic heterocycles. The maximum absolute atomic E-state index is 12.3. The topological polar surface area (TPSA) is 36.4 Å². The Balaban J connectivity index is 2.64. The highest BCUT2D eigenvalue weighted by molar-refractivity contribution is 7.09. The number of aliphatic hydroxyl groups excluding tert-OH is 1. The number of hydrogen-bond acceptors (Lipinski definition) is 4. The predicted molar refractivity (Wildman–Crippen MR) is 64.6 cm³/mol. The number of rotatable bonds is 6. The van der Waals surface area contributed by atoms with Crippen molar-refractivity contribution in [1.82, 2.24) is 9.88 Å². The van der Waals surface area contributed by atoms with Crippen LogP contribution >= 0.6 is 11.3 Å². The van der Waals surface area contributed by atoms with Gasteiger partial charge in [-0.25, -0.2) is 4.98 Å². The molecule has 0 aliphatic rings. The van der Waals surface area contributed by atoms with Crippen LogP contribution in [0.3, 0.4) is 0 Å². The second-order valence-electron chi connectivity index (χ2n) is 4.38. The van der Waals surface area contributed by atoms with E-state index in [1.54, 1.807) is 5.38 Å². The van der Waals surface area contributed by atoms with Gasteiger partial charge in [-0.3, -0.25) is 4.90 Å². The molecule has 0 atom stereocenters. The number of aromatic nitrogens is 1. The number of aliphatic hydroxyl groups is 1. The number of halogens is 3. The van der Waals surface area contributed by atoms with Gasteiger partial charge in [0.1, 0.15) is 0 Å². The van der Waals surface area contributed by atoms with Crippen LogP contribution in [0.1, 0.15) is 30.5 Å². The van der Waals surface area contributed by atoms with Crippen LogP contribution in [0.15, 0.2) is 5.38 Å². The minimum atomic E-state index is -4.26. The van der Waals surface area contributed by atoms with Crippen molar-refractivity contribution in [3.05, 3.63) is 16.1 Å². The monoisotopic (exact) mass is 282 g/mol. The lowest BCUT2D eigenvalue weighted by molar-refractivity contribution is -0.148. The van der Waals surface area contributed by atoms with Crippen molar-refractivity contribution in [2.45, 2.75) is 32.5 Å². The van der Waals surface area contributed by atoms with Gasteiger partial charge in [0.05, 0.1) is 23.9 Å². The summed E-state index contributed by atoms with van der Waals surface area (Å²) in [6, 6.07) is 0. The molecule has 3 nitrogen and oxygen atoms in total. The quantitative estimate of drug-likeness (QED) is 0.871. The number of hydrogen-bond donors (Lipinski definition) is 1. The van der Waals surface area contributed by atoms with Gasteiger partial charge in [0.15, 0.2) is 0 Å². The third-order valence-corrected chi connectivity index (χ3v) is 3.46. The molecule has 0 radical (unpaired) electrons. The van der Waals surface area contributed by atoms with Gasteiger partial charge >= 0.3 is 6.18 Å². The second kappa shape index (κ2) is 6.49. The molecule has 1 rings (SSSR count). The summed E-state index contributed by atoms with van der Waals surface area (Å²) in [6.07, 6.45) is -4.26. The summed E-state index contributed by atoms with van der Waals surface area (Å²) in [6.45, 7) is 2.77. The van der Waals surface area contributed by atoms with Gasteiger partial charge in [-0.15, -0.1) is 11.3 Å². The van der Waals surface area contributed by atoms with Gasteiger partial charge < -0.3 is 5.11 Å². The first kappa shape index (κ1) is 15.4. The minimum absolute atomic E-state index is 0.00590. The number of thiazole rings is 1. The largest absolute Gasteiger partial charge is 0.401 e. The fourth-order valence-electron chi connectivity index (χ4n) is 1.50. The second-order valence-corrected chi connectivity index (χ2v) is 5.27. The first-order chi connectivity index (χ1) is 8.31. The van der Waals surface area contributed by atoms with Crippen LogP contribution in [-0.4, -0.2) is 40.9 Å². The number of nitrogens with zero attached hydrogens (tertiary/aromatic N) is 2. The Labute approximate surface area is 108 Å². The summed E-state index contributed by atoms with van der Waals surface area (Å²) in [7, 11) is 0. The van der Waals surface area contributed by atoms with E-state index in [0.29, 0.717) is 5.69 Å². The smallest absolute Gasteiger partial charge is 0.395 e. The van der Waals surface area contributed by atoms with Gasteiger partial charge in [-0.05, 0) is 0 Å². The lowest BCUT2D eigenvalue weighted by atomic mass is 10.2. The Morgan fingerprint density at radius 3 is 2.56 bits per heavy atom. The van der Waals surface area contributed by atoms with E-state index in [9.17, 15) is 13.2 Å². The highest BCUT2D eigenvalue weighted by Gasteiger charge is 2.30. The van der Waals surface area contributed by atoms with Crippen LogP contribution < -0.4 is 0 Å². The third kappa shape index (κ3) is 5.32. The van der Waals surface area contributed by atoms with E-state index >= 15 is 0 Å². The molecule has 1 N–H and O–H groups in total. The van der Waals surface area contributed by atoms with E-state index in [2.05, 4.69) is 4.98 Å². The van der Waals surface area contributed by atoms with Gasteiger partial charge in [0, 0.05) is 24.4 Å². The first-order valence-corrected chi connectivity index (χ1v) is 6.54. The molecular formula is C11H17F3N2OS. The third-order valence-electron chi connectivity index (χ3n) is 2.27. The van der Waals surface area contributed by atoms with Crippen molar-refractivity contribution in [3.63, 3.8) is 0 Å². The molecular weight excluding hydrogens is 265 g/mol. The van der Waals surface area contributed by atoms with Crippen LogP contribution in [0.2, 0.25) is 0 Å². The van der Waals surface area contributed by atoms with E-state index in [4.69, 9.17) is 5.11 Å². The summed E-state index contributed by atoms with van der Waals surface area (Å²) in [5.41, 5.74) is 0.626. The molecule has 1 aromatic heterocycles. The molecule has 0 fully saturated rings. The predicted octanol–water partition coefficient (Wildman–Crippen LogP) is 2.62. The van der Waals surface area contributed by atoms with Crippen molar-refractivity contribution in [2.75, 3.05) is 19.7 Å². The average Bonchev–Trinajstić information content (AvgIpc) is 2.64. The molecule has 0 unspecified atom stereocenters. The Bertz CT molecular complexity index is 365. The summed E-state index contributed by atoms with van der Waals surface area (Å²) >= 11 is 1.45. The minimum Gasteiger partial charge on any atom is -0.395 e. The average molecular weight is 282 g/mol. The van der Waals surface area contributed by atoms with Crippen LogP contribution in [0.25, 0.3) is 0 Å². The highest BCUT2D eigenvalue weighted by Crippen LogP contribution is 2.21. The molecule has 0 spiro atoms. The van der Waals surface area contributed by atoms with E-state index in [1.165, 1.54) is 11.3 Å². The molecule has 18 heavy (non-hydrogen) atoms. The van der Waals surface area contributed by atoms with E-state index in [1.807, 2.05) is 13.8 Å². The summed E-state index contributed by atoms with van der Waals surface area (Å²) in [5.74, 6) is 0.276. The molecule has 7 heteroatoms. The zero-order valence-corrected chi connectivity index (χ0v) is 11.2. The van der Waals surface area contributed by atoms with Crippen LogP contribution in [0.4, 0.5) is 13.2 Å². The Morgan fingerprint density at radius 2 is 2.11 bits per heavy atom. The fourth-order valence-corrected chi connectivity index (χ4v) is 2.32. The summed E-state index contributed by atoms with van der Waals surface area (Å²) in [5, 5.41) is 11.5. The van der Waals surface area contributed by atoms with Crippen LogP contribution in [0, 0.1) is 0 Å². The standard InChI is InChI=1S/C11H17F3N2OS/c1-8(2)10-15-9(6-18-10)5-16(3-4-17)7-11(12,13)14/h6,8,17H,3-5,7H2,1-2H3. The molecule has 0 saturated heterocycles. The molecule has 104 valence electrons. The van der Waals surface area contributed by atoms with Gasteiger partial charge in [-0.1, -0.05) is 13.8 Å². The van der Waals surface area contributed by atoms with Crippen molar-refractivity contribution >= 4 is 11.3 Å². The van der Waals surface area contributed by atoms with Crippen molar-refractivity contribution in [3.8, 4) is 0 Å². The number of alkyl halides is 3. The highest BCUT2D eigenvalue weighted by atomic mass is 32.1. The molecule has 0 saturated carbocycles. The van der Waals surface area contributed by atoms with Gasteiger partial charge in [0.2, 0.25) is 0 Å². The Kier molecular flexibility index (Phi) is 5.55. The zero-order chi connectivity index (χ0) is 13.8. The first-order valence-electron chi connectivity index (χ1n) is 5.66. The van der Waals surface area contributed by atoms with E-state index < -0.39 is 12.7 Å². The van der Waals surface area contributed by atoms with E-state index in [-0.39, 0.29) is 25.6 Å². The molecule has 0 aromatic carbocycles. The van der Waals surface area contributed by atoms with Crippen LogP contribution in [0.5, 0.6) is 0 Å². The zero-order valence-electron chi connectivity index (χ0n) is 10.4. The summed E-state index contributed by atoms with van der Waals surface area (Å²) in [4.78, 5) is 5.44. The van der Waals surface area contributed by atoms with Gasteiger partial charge in [0.25, 0.3) is 0 Å². The Hall–Kier alpha value is -0.660. The fraction of sp³-hybridized carbons (Fsp3) is 0.727. The SMILES string of the molecule is CC(C)c1nc(CN(CCO)CC(F)(F)F)cs1. The lowest BCUT2D eigenvalue weighted by Gasteiger charge is -2.21. The lowest BCUT2D eigenvalue weighted by Crippen LogP contribution is -2.35.